The Morgan fingerprint density at radius 3 is 2.59 bits per heavy atom. The number of carbonyl (C=O) groups is 1. The minimum absolute atomic E-state index is 0.268. The van der Waals surface area contributed by atoms with Gasteiger partial charge in [0.2, 0.25) is 0 Å². The molecule has 3 aromatic rings. The fourth-order valence-corrected chi connectivity index (χ4v) is 3.71. The van der Waals surface area contributed by atoms with E-state index in [1.54, 1.807) is 6.07 Å². The lowest BCUT2D eigenvalue weighted by Crippen LogP contribution is -2.22. The fraction of sp³-hybridized carbons (Fsp3) is 0.364. The maximum absolute atomic E-state index is 12.3. The third-order valence-electron chi connectivity index (χ3n) is 5.23. The highest BCUT2D eigenvalue weighted by atomic mass is 16.5. The topological polar surface area (TPSA) is 68.3 Å². The first kappa shape index (κ1) is 17.6. The van der Waals surface area contributed by atoms with Gasteiger partial charge in [-0.25, -0.2) is 0 Å². The number of nitrogens with one attached hydrogen (secondary N) is 1. The number of aromatic nitrogens is 1. The van der Waals surface area contributed by atoms with Gasteiger partial charge >= 0.3 is 0 Å². The summed E-state index contributed by atoms with van der Waals surface area (Å²) in [7, 11) is 0. The summed E-state index contributed by atoms with van der Waals surface area (Å²) in [6.07, 6.45) is 6.56. The van der Waals surface area contributed by atoms with Crippen molar-refractivity contribution in [2.75, 3.05) is 0 Å². The Bertz CT molecular complexity index is 902. The van der Waals surface area contributed by atoms with Gasteiger partial charge in [0.1, 0.15) is 11.5 Å². The van der Waals surface area contributed by atoms with Gasteiger partial charge in [-0.3, -0.25) is 4.79 Å². The minimum Gasteiger partial charge on any atom is -0.465 e. The van der Waals surface area contributed by atoms with Gasteiger partial charge in [-0.2, -0.15) is 0 Å². The molecule has 0 aliphatic heterocycles. The Hall–Kier alpha value is -2.82. The first-order valence-corrected chi connectivity index (χ1v) is 9.59. The lowest BCUT2D eigenvalue weighted by molar-refractivity contribution is 0.0939. The molecular formula is C22H24N2O3. The molecule has 0 saturated heterocycles. The number of hydrogen-bond acceptors (Lipinski definition) is 4. The van der Waals surface area contributed by atoms with Crippen LogP contribution in [-0.2, 0) is 6.54 Å². The summed E-state index contributed by atoms with van der Waals surface area (Å²) in [4.78, 5) is 12.3. The molecule has 140 valence electrons. The van der Waals surface area contributed by atoms with E-state index in [0.29, 0.717) is 24.0 Å². The van der Waals surface area contributed by atoms with Crippen molar-refractivity contribution < 1.29 is 13.7 Å². The van der Waals surface area contributed by atoms with Crippen LogP contribution in [-0.4, -0.2) is 11.1 Å². The van der Waals surface area contributed by atoms with Gasteiger partial charge in [0.05, 0.1) is 6.54 Å². The predicted octanol–water partition coefficient (Wildman–Crippen LogP) is 5.22. The molecule has 4 rings (SSSR count). The normalized spacial score (nSPS) is 15.0. The Morgan fingerprint density at radius 1 is 1.11 bits per heavy atom. The molecule has 5 nitrogen and oxygen atoms in total. The van der Waals surface area contributed by atoms with Crippen LogP contribution in [0.5, 0.6) is 0 Å². The number of furan rings is 1. The average molecular weight is 364 g/mol. The van der Waals surface area contributed by atoms with Crippen LogP contribution < -0.4 is 5.32 Å². The Balaban J connectivity index is 1.40. The van der Waals surface area contributed by atoms with Crippen LogP contribution >= 0.6 is 0 Å². The molecule has 1 N–H and O–H groups in total. The molecule has 1 amide bonds. The van der Waals surface area contributed by atoms with Crippen molar-refractivity contribution in [3.05, 3.63) is 65.2 Å². The summed E-state index contributed by atoms with van der Waals surface area (Å²) < 4.78 is 10.8. The standard InChI is InChI=1S/C22H24N2O3/c1-15-7-12-19(26-15)14-23-22(25)20-13-21(27-24-20)18-10-8-17(9-11-18)16-5-3-2-4-6-16/h7-13,16H,2-6,14H2,1H3,(H,23,25). The number of nitrogens with zero attached hydrogens (tertiary/aromatic N) is 1. The van der Waals surface area contributed by atoms with Gasteiger partial charge in [0.25, 0.3) is 5.91 Å². The van der Waals surface area contributed by atoms with Crippen molar-refractivity contribution in [2.24, 2.45) is 0 Å². The zero-order chi connectivity index (χ0) is 18.6. The van der Waals surface area contributed by atoms with Crippen LogP contribution in [0.25, 0.3) is 11.3 Å². The van der Waals surface area contributed by atoms with E-state index in [0.717, 1.165) is 11.3 Å². The summed E-state index contributed by atoms with van der Waals surface area (Å²) in [6.45, 7) is 2.19. The van der Waals surface area contributed by atoms with E-state index in [1.165, 1.54) is 37.7 Å². The number of aryl methyl sites for hydroxylation is 1. The van der Waals surface area contributed by atoms with Crippen molar-refractivity contribution in [1.82, 2.24) is 10.5 Å². The van der Waals surface area contributed by atoms with E-state index in [4.69, 9.17) is 8.94 Å². The lowest BCUT2D eigenvalue weighted by atomic mass is 9.84. The molecule has 1 aromatic carbocycles. The van der Waals surface area contributed by atoms with Crippen LogP contribution in [0.4, 0.5) is 0 Å². The Morgan fingerprint density at radius 2 is 1.89 bits per heavy atom. The lowest BCUT2D eigenvalue weighted by Gasteiger charge is -2.21. The Kier molecular flexibility index (Phi) is 5.10. The number of rotatable bonds is 5. The molecule has 1 aliphatic rings. The molecule has 0 spiro atoms. The third-order valence-corrected chi connectivity index (χ3v) is 5.23. The SMILES string of the molecule is Cc1ccc(CNC(=O)c2cc(-c3ccc(C4CCCCC4)cc3)on2)o1. The van der Waals surface area contributed by atoms with E-state index in [1.807, 2.05) is 19.1 Å². The molecule has 0 bridgehead atoms. The molecule has 0 unspecified atom stereocenters. The summed E-state index contributed by atoms with van der Waals surface area (Å²) in [5, 5.41) is 6.69. The molecule has 1 saturated carbocycles. The van der Waals surface area contributed by atoms with Crippen molar-refractivity contribution in [1.29, 1.82) is 0 Å². The molecule has 1 fully saturated rings. The minimum atomic E-state index is -0.280. The molecule has 1 aliphatic carbocycles. The van der Waals surface area contributed by atoms with Gasteiger partial charge in [-0.05, 0) is 43.4 Å². The summed E-state index contributed by atoms with van der Waals surface area (Å²) in [5.41, 5.74) is 2.59. The predicted molar refractivity (Wildman–Crippen MR) is 102 cm³/mol. The second kappa shape index (κ2) is 7.82. The van der Waals surface area contributed by atoms with Crippen LogP contribution in [0.3, 0.4) is 0 Å². The summed E-state index contributed by atoms with van der Waals surface area (Å²) in [6, 6.07) is 13.8. The Labute approximate surface area is 158 Å². The van der Waals surface area contributed by atoms with Gasteiger partial charge in [-0.15, -0.1) is 0 Å². The van der Waals surface area contributed by atoms with Gasteiger partial charge < -0.3 is 14.3 Å². The van der Waals surface area contributed by atoms with Crippen LogP contribution in [0.15, 0.2) is 51.4 Å². The molecule has 5 heteroatoms. The van der Waals surface area contributed by atoms with Gasteiger partial charge in [-0.1, -0.05) is 48.7 Å². The molecule has 27 heavy (non-hydrogen) atoms. The number of amides is 1. The summed E-state index contributed by atoms with van der Waals surface area (Å²) in [5.74, 6) is 2.53. The first-order chi connectivity index (χ1) is 13.2. The highest BCUT2D eigenvalue weighted by Gasteiger charge is 2.17. The molecule has 0 atom stereocenters. The van der Waals surface area contributed by atoms with Crippen LogP contribution in [0.2, 0.25) is 0 Å². The first-order valence-electron chi connectivity index (χ1n) is 9.59. The van der Waals surface area contributed by atoms with Crippen molar-refractivity contribution in [2.45, 2.75) is 51.5 Å². The van der Waals surface area contributed by atoms with Crippen LogP contribution in [0.1, 0.15) is 65.6 Å². The maximum Gasteiger partial charge on any atom is 0.273 e. The summed E-state index contributed by atoms with van der Waals surface area (Å²) >= 11 is 0. The van der Waals surface area contributed by atoms with Crippen molar-refractivity contribution in [3.8, 4) is 11.3 Å². The zero-order valence-corrected chi connectivity index (χ0v) is 15.5. The highest BCUT2D eigenvalue weighted by molar-refractivity contribution is 5.93. The second-order valence-corrected chi connectivity index (χ2v) is 7.23. The molecule has 2 aromatic heterocycles. The van der Waals surface area contributed by atoms with Crippen molar-refractivity contribution >= 4 is 5.91 Å². The highest BCUT2D eigenvalue weighted by Crippen LogP contribution is 2.33. The van der Waals surface area contributed by atoms with E-state index < -0.39 is 0 Å². The zero-order valence-electron chi connectivity index (χ0n) is 15.5. The van der Waals surface area contributed by atoms with Crippen LogP contribution in [0, 0.1) is 6.92 Å². The van der Waals surface area contributed by atoms with Gasteiger partial charge in [0.15, 0.2) is 11.5 Å². The largest absolute Gasteiger partial charge is 0.465 e. The average Bonchev–Trinajstić information content (AvgIpc) is 3.36. The molecule has 2 heterocycles. The molecular weight excluding hydrogens is 340 g/mol. The van der Waals surface area contributed by atoms with E-state index in [2.05, 4.69) is 34.7 Å². The van der Waals surface area contributed by atoms with Crippen molar-refractivity contribution in [3.63, 3.8) is 0 Å². The quantitative estimate of drug-likeness (QED) is 0.674. The fourth-order valence-electron chi connectivity index (χ4n) is 3.71. The van der Waals surface area contributed by atoms with E-state index in [9.17, 15) is 4.79 Å². The molecule has 0 radical (unpaired) electrons. The maximum atomic E-state index is 12.3. The van der Waals surface area contributed by atoms with Gasteiger partial charge in [0, 0.05) is 11.6 Å². The number of carbonyl (C=O) groups excluding carboxylic acids is 1. The second-order valence-electron chi connectivity index (χ2n) is 7.23. The number of benzene rings is 1. The monoisotopic (exact) mass is 364 g/mol. The third kappa shape index (κ3) is 4.13. The number of hydrogen-bond donors (Lipinski definition) is 1. The van der Waals surface area contributed by atoms with E-state index >= 15 is 0 Å². The van der Waals surface area contributed by atoms with E-state index in [-0.39, 0.29) is 11.6 Å². The smallest absolute Gasteiger partial charge is 0.273 e.